The molecule has 0 aliphatic carbocycles. The Bertz CT molecular complexity index is 350. The number of carbonyl (C=O) groups is 1. The zero-order valence-electron chi connectivity index (χ0n) is 8.44. The van der Waals surface area contributed by atoms with Crippen LogP contribution in [0.4, 0.5) is 5.69 Å². The third kappa shape index (κ3) is 3.25. The Morgan fingerprint density at radius 3 is 2.67 bits per heavy atom. The van der Waals surface area contributed by atoms with Gasteiger partial charge in [0, 0.05) is 12.3 Å². The van der Waals surface area contributed by atoms with Crippen LogP contribution in [0.2, 0.25) is 0 Å². The number of unbranched alkanes of at least 4 members (excludes halogenated alkanes) is 1. The number of hydrogen-bond donors (Lipinski definition) is 3. The summed E-state index contributed by atoms with van der Waals surface area (Å²) in [6.45, 7) is 0.130. The van der Waals surface area contributed by atoms with Crippen molar-refractivity contribution in [2.45, 2.75) is 19.3 Å². The summed E-state index contributed by atoms with van der Waals surface area (Å²) in [6.07, 6.45) is 2.07. The lowest BCUT2D eigenvalue weighted by Crippen LogP contribution is -2.04. The monoisotopic (exact) mass is 209 g/mol. The highest BCUT2D eigenvalue weighted by molar-refractivity contribution is 5.89. The Labute approximate surface area is 88.3 Å². The standard InChI is InChI=1S/C11H15NO3/c12-9-4-5-10(11(14)15)8(7-9)3-1-2-6-13/h4-5,7,13H,1-3,6,12H2,(H,14,15). The summed E-state index contributed by atoms with van der Waals surface area (Å²) in [5, 5.41) is 17.6. The molecule has 0 aliphatic rings. The van der Waals surface area contributed by atoms with E-state index in [0.29, 0.717) is 24.1 Å². The number of nitrogen functional groups attached to an aromatic ring is 1. The van der Waals surface area contributed by atoms with E-state index >= 15 is 0 Å². The molecule has 0 aromatic heterocycles. The molecular formula is C11H15NO3. The van der Waals surface area contributed by atoms with Crippen LogP contribution in [0.1, 0.15) is 28.8 Å². The van der Waals surface area contributed by atoms with Crippen LogP contribution in [0.3, 0.4) is 0 Å². The lowest BCUT2D eigenvalue weighted by Gasteiger charge is -2.06. The molecule has 1 aromatic carbocycles. The predicted molar refractivity (Wildman–Crippen MR) is 57.8 cm³/mol. The number of anilines is 1. The molecule has 0 saturated carbocycles. The summed E-state index contributed by atoms with van der Waals surface area (Å²) in [5.41, 5.74) is 7.18. The lowest BCUT2D eigenvalue weighted by molar-refractivity contribution is 0.0695. The Kier molecular flexibility index (Phi) is 4.12. The smallest absolute Gasteiger partial charge is 0.335 e. The average Bonchev–Trinajstić information content (AvgIpc) is 2.18. The van der Waals surface area contributed by atoms with Gasteiger partial charge in [-0.05, 0) is 43.0 Å². The molecule has 0 fully saturated rings. The van der Waals surface area contributed by atoms with Crippen molar-refractivity contribution in [1.82, 2.24) is 0 Å². The van der Waals surface area contributed by atoms with E-state index in [4.69, 9.17) is 15.9 Å². The molecule has 4 nitrogen and oxygen atoms in total. The summed E-state index contributed by atoms with van der Waals surface area (Å²) in [6, 6.07) is 4.78. The molecular weight excluding hydrogens is 194 g/mol. The van der Waals surface area contributed by atoms with Gasteiger partial charge in [0.15, 0.2) is 0 Å². The number of aromatic carboxylic acids is 1. The van der Waals surface area contributed by atoms with E-state index in [9.17, 15) is 4.79 Å². The van der Waals surface area contributed by atoms with Crippen molar-refractivity contribution in [3.63, 3.8) is 0 Å². The van der Waals surface area contributed by atoms with Gasteiger partial charge in [0.2, 0.25) is 0 Å². The number of carboxylic acid groups (broad SMARTS) is 1. The van der Waals surface area contributed by atoms with Crippen LogP contribution in [-0.4, -0.2) is 22.8 Å². The van der Waals surface area contributed by atoms with E-state index in [2.05, 4.69) is 0 Å². The van der Waals surface area contributed by atoms with Gasteiger partial charge in [-0.1, -0.05) is 0 Å². The third-order valence-electron chi connectivity index (χ3n) is 2.21. The quantitative estimate of drug-likeness (QED) is 0.504. The number of aliphatic hydroxyl groups excluding tert-OH is 1. The molecule has 4 N–H and O–H groups in total. The number of aliphatic hydroxyl groups is 1. The van der Waals surface area contributed by atoms with Crippen LogP contribution < -0.4 is 5.73 Å². The predicted octanol–water partition coefficient (Wildman–Crippen LogP) is 1.28. The maximum atomic E-state index is 10.9. The van der Waals surface area contributed by atoms with Crippen molar-refractivity contribution in [3.05, 3.63) is 29.3 Å². The molecule has 0 amide bonds. The van der Waals surface area contributed by atoms with Crippen LogP contribution in [-0.2, 0) is 6.42 Å². The van der Waals surface area contributed by atoms with Crippen LogP contribution in [0.25, 0.3) is 0 Å². The Morgan fingerprint density at radius 1 is 1.33 bits per heavy atom. The van der Waals surface area contributed by atoms with Crippen molar-refractivity contribution in [1.29, 1.82) is 0 Å². The minimum atomic E-state index is -0.936. The minimum absolute atomic E-state index is 0.130. The first-order chi connectivity index (χ1) is 7.15. The molecule has 15 heavy (non-hydrogen) atoms. The third-order valence-corrected chi connectivity index (χ3v) is 2.21. The molecule has 0 bridgehead atoms. The molecule has 0 heterocycles. The Balaban J connectivity index is 2.82. The van der Waals surface area contributed by atoms with Gasteiger partial charge in [0.25, 0.3) is 0 Å². The lowest BCUT2D eigenvalue weighted by atomic mass is 10.0. The van der Waals surface area contributed by atoms with E-state index < -0.39 is 5.97 Å². The van der Waals surface area contributed by atoms with Crippen LogP contribution in [0.15, 0.2) is 18.2 Å². The molecule has 0 aliphatic heterocycles. The molecule has 1 aromatic rings. The fraction of sp³-hybridized carbons (Fsp3) is 0.364. The number of carboxylic acids is 1. The number of hydrogen-bond acceptors (Lipinski definition) is 3. The first-order valence-electron chi connectivity index (χ1n) is 4.87. The first kappa shape index (κ1) is 11.5. The molecule has 1 rings (SSSR count). The summed E-state index contributed by atoms with van der Waals surface area (Å²) in [4.78, 5) is 10.9. The fourth-order valence-corrected chi connectivity index (χ4v) is 1.46. The Morgan fingerprint density at radius 2 is 2.07 bits per heavy atom. The highest BCUT2D eigenvalue weighted by Crippen LogP contribution is 2.16. The maximum Gasteiger partial charge on any atom is 0.335 e. The number of nitrogens with two attached hydrogens (primary N) is 1. The van der Waals surface area contributed by atoms with E-state index in [1.165, 1.54) is 6.07 Å². The summed E-state index contributed by atoms with van der Waals surface area (Å²) >= 11 is 0. The molecule has 0 radical (unpaired) electrons. The second-order valence-electron chi connectivity index (χ2n) is 3.40. The first-order valence-corrected chi connectivity index (χ1v) is 4.87. The second-order valence-corrected chi connectivity index (χ2v) is 3.40. The molecule has 0 saturated heterocycles. The molecule has 0 unspecified atom stereocenters. The van der Waals surface area contributed by atoms with E-state index in [-0.39, 0.29) is 6.61 Å². The maximum absolute atomic E-state index is 10.9. The van der Waals surface area contributed by atoms with Crippen molar-refractivity contribution in [2.75, 3.05) is 12.3 Å². The van der Waals surface area contributed by atoms with Gasteiger partial charge in [-0.3, -0.25) is 0 Å². The number of benzene rings is 1. The normalized spacial score (nSPS) is 10.2. The van der Waals surface area contributed by atoms with Crippen LogP contribution >= 0.6 is 0 Å². The summed E-state index contributed by atoms with van der Waals surface area (Å²) < 4.78 is 0. The van der Waals surface area contributed by atoms with E-state index in [1.54, 1.807) is 12.1 Å². The van der Waals surface area contributed by atoms with Crippen molar-refractivity contribution in [3.8, 4) is 0 Å². The largest absolute Gasteiger partial charge is 0.478 e. The van der Waals surface area contributed by atoms with Gasteiger partial charge in [0.05, 0.1) is 5.56 Å². The van der Waals surface area contributed by atoms with E-state index in [0.717, 1.165) is 12.0 Å². The van der Waals surface area contributed by atoms with Gasteiger partial charge < -0.3 is 15.9 Å². The SMILES string of the molecule is Nc1ccc(C(=O)O)c(CCCCO)c1. The molecule has 4 heteroatoms. The Hall–Kier alpha value is -1.55. The van der Waals surface area contributed by atoms with Gasteiger partial charge in [-0.25, -0.2) is 4.79 Å². The van der Waals surface area contributed by atoms with Crippen molar-refractivity contribution in [2.24, 2.45) is 0 Å². The van der Waals surface area contributed by atoms with Gasteiger partial charge in [0.1, 0.15) is 0 Å². The van der Waals surface area contributed by atoms with Crippen LogP contribution in [0.5, 0.6) is 0 Å². The average molecular weight is 209 g/mol. The number of rotatable bonds is 5. The zero-order chi connectivity index (χ0) is 11.3. The fourth-order valence-electron chi connectivity index (χ4n) is 1.46. The van der Waals surface area contributed by atoms with Crippen LogP contribution in [0, 0.1) is 0 Å². The van der Waals surface area contributed by atoms with E-state index in [1.807, 2.05) is 0 Å². The molecule has 82 valence electrons. The van der Waals surface area contributed by atoms with Crippen molar-refractivity contribution >= 4 is 11.7 Å². The molecule has 0 spiro atoms. The number of aryl methyl sites for hydroxylation is 1. The van der Waals surface area contributed by atoms with Gasteiger partial charge in [-0.15, -0.1) is 0 Å². The molecule has 0 atom stereocenters. The van der Waals surface area contributed by atoms with Crippen molar-refractivity contribution < 1.29 is 15.0 Å². The highest BCUT2D eigenvalue weighted by Gasteiger charge is 2.09. The highest BCUT2D eigenvalue weighted by atomic mass is 16.4. The minimum Gasteiger partial charge on any atom is -0.478 e. The van der Waals surface area contributed by atoms with Gasteiger partial charge >= 0.3 is 5.97 Å². The summed E-state index contributed by atoms with van der Waals surface area (Å²) in [5.74, 6) is -0.936. The second kappa shape index (κ2) is 5.36. The zero-order valence-corrected chi connectivity index (χ0v) is 8.44. The topological polar surface area (TPSA) is 83.6 Å². The van der Waals surface area contributed by atoms with Gasteiger partial charge in [-0.2, -0.15) is 0 Å². The summed E-state index contributed by atoms with van der Waals surface area (Å²) in [7, 11) is 0.